The first kappa shape index (κ1) is 12.6. The molecule has 0 aliphatic rings. The van der Waals surface area contributed by atoms with Crippen LogP contribution in [0.4, 0.5) is 8.78 Å². The molecule has 0 unspecified atom stereocenters. The lowest BCUT2D eigenvalue weighted by Gasteiger charge is -2.25. The summed E-state index contributed by atoms with van der Waals surface area (Å²) >= 11 is -1.64. The summed E-state index contributed by atoms with van der Waals surface area (Å²) in [6.45, 7) is 4.90. The lowest BCUT2D eigenvalue weighted by Crippen LogP contribution is -2.46. The Morgan fingerprint density at radius 2 is 1.92 bits per heavy atom. The van der Waals surface area contributed by atoms with Gasteiger partial charge >= 0.3 is 0 Å². The number of hydrogen-bond acceptors (Lipinski definition) is 3. The molecule has 0 fully saturated rings. The second kappa shape index (κ2) is 4.74. The van der Waals surface area contributed by atoms with Gasteiger partial charge in [-0.2, -0.15) is 5.26 Å². The van der Waals surface area contributed by atoms with Gasteiger partial charge in [-0.25, -0.2) is 8.78 Å². The quantitative estimate of drug-likeness (QED) is 0.712. The molecule has 0 aliphatic heterocycles. The Morgan fingerprint density at radius 1 is 1.46 bits per heavy atom. The summed E-state index contributed by atoms with van der Waals surface area (Å²) in [5.74, 6) is 0. The van der Waals surface area contributed by atoms with Crippen LogP contribution in [-0.2, 0) is 11.4 Å². The highest BCUT2D eigenvalue weighted by Gasteiger charge is 2.32. The van der Waals surface area contributed by atoms with Crippen LogP contribution in [0, 0.1) is 11.3 Å². The number of alkyl halides is 2. The van der Waals surface area contributed by atoms with Gasteiger partial charge in [-0.1, -0.05) is 0 Å². The van der Waals surface area contributed by atoms with Crippen molar-refractivity contribution in [1.82, 2.24) is 4.72 Å². The minimum atomic E-state index is -2.82. The van der Waals surface area contributed by atoms with E-state index >= 15 is 0 Å². The summed E-state index contributed by atoms with van der Waals surface area (Å²) in [5, 5.41) is 8.28. The maximum Gasteiger partial charge on any atom is 0.271 e. The van der Waals surface area contributed by atoms with E-state index in [9.17, 15) is 13.3 Å². The number of nitrogens with one attached hydrogen (secondary N) is 1. The van der Waals surface area contributed by atoms with Crippen molar-refractivity contribution in [2.75, 3.05) is 0 Å². The highest BCUT2D eigenvalue weighted by Crippen LogP contribution is 2.15. The van der Waals surface area contributed by atoms with Crippen LogP contribution in [0.5, 0.6) is 0 Å². The molecule has 0 heterocycles. The van der Waals surface area contributed by atoms with Gasteiger partial charge in [-0.05, 0) is 20.8 Å². The molecule has 0 saturated heterocycles. The van der Waals surface area contributed by atoms with E-state index in [1.54, 1.807) is 20.8 Å². The summed E-state index contributed by atoms with van der Waals surface area (Å²) < 4.78 is 36.7. The SMILES string of the molecule is CC(C)(C)[S@+]([O-])N[C@@H](C#N)C(F)F. The van der Waals surface area contributed by atoms with Crippen LogP contribution in [-0.4, -0.2) is 21.8 Å². The van der Waals surface area contributed by atoms with E-state index in [2.05, 4.69) is 4.72 Å². The molecule has 0 amide bonds. The highest BCUT2D eigenvalue weighted by molar-refractivity contribution is 7.90. The normalized spacial score (nSPS) is 16.8. The lowest BCUT2D eigenvalue weighted by molar-refractivity contribution is 0.129. The minimum absolute atomic E-state index is 0.649. The molecule has 76 valence electrons. The molecule has 0 aromatic carbocycles. The smallest absolute Gasteiger partial charge is 0.271 e. The summed E-state index contributed by atoms with van der Waals surface area (Å²) in [7, 11) is 0. The van der Waals surface area contributed by atoms with Crippen molar-refractivity contribution in [1.29, 1.82) is 5.26 Å². The molecule has 0 bridgehead atoms. The van der Waals surface area contributed by atoms with Crippen LogP contribution in [0.25, 0.3) is 0 Å². The van der Waals surface area contributed by atoms with Crippen molar-refractivity contribution in [2.24, 2.45) is 0 Å². The van der Waals surface area contributed by atoms with Gasteiger partial charge in [0.05, 0.1) is 6.07 Å². The average molecular weight is 210 g/mol. The minimum Gasteiger partial charge on any atom is -0.598 e. The maximum atomic E-state index is 12.0. The van der Waals surface area contributed by atoms with Gasteiger partial charge in [0.1, 0.15) is 4.75 Å². The topological polar surface area (TPSA) is 58.9 Å². The standard InChI is InChI=1S/C7H12F2N2OS/c1-7(2,3)13(12)11-5(4-10)6(8)9/h5-6,11H,1-3H3/t5-,13-/m0/s1. The first-order valence-corrected chi connectivity index (χ1v) is 4.80. The van der Waals surface area contributed by atoms with Crippen LogP contribution in [0.15, 0.2) is 0 Å². The predicted octanol–water partition coefficient (Wildman–Crippen LogP) is 1.20. The number of hydrogen-bond donors (Lipinski definition) is 1. The van der Waals surface area contributed by atoms with E-state index in [0.717, 1.165) is 0 Å². The summed E-state index contributed by atoms with van der Waals surface area (Å²) in [6.07, 6.45) is -2.82. The predicted molar refractivity (Wildman–Crippen MR) is 46.4 cm³/mol. The number of rotatable bonds is 3. The monoisotopic (exact) mass is 210 g/mol. The zero-order valence-corrected chi connectivity index (χ0v) is 8.49. The molecule has 1 N–H and O–H groups in total. The summed E-state index contributed by atoms with van der Waals surface area (Å²) in [5.41, 5.74) is 0. The Balaban J connectivity index is 4.20. The fourth-order valence-electron chi connectivity index (χ4n) is 0.426. The van der Waals surface area contributed by atoms with Crippen molar-refractivity contribution in [3.8, 4) is 6.07 Å². The maximum absolute atomic E-state index is 12.0. The van der Waals surface area contributed by atoms with Crippen molar-refractivity contribution < 1.29 is 13.3 Å². The van der Waals surface area contributed by atoms with Gasteiger partial charge in [0, 0.05) is 11.4 Å². The molecule has 0 radical (unpaired) electrons. The van der Waals surface area contributed by atoms with Gasteiger partial charge in [-0.3, -0.25) is 0 Å². The first-order chi connectivity index (χ1) is 5.79. The van der Waals surface area contributed by atoms with Crippen LogP contribution < -0.4 is 4.72 Å². The Morgan fingerprint density at radius 3 is 2.15 bits per heavy atom. The molecule has 0 aromatic rings. The van der Waals surface area contributed by atoms with Gasteiger partial charge in [0.15, 0.2) is 6.04 Å². The van der Waals surface area contributed by atoms with Crippen molar-refractivity contribution >= 4 is 11.4 Å². The summed E-state index contributed by atoms with van der Waals surface area (Å²) in [4.78, 5) is 0. The molecule has 0 rings (SSSR count). The second-order valence-electron chi connectivity index (χ2n) is 3.44. The summed E-state index contributed by atoms with van der Waals surface area (Å²) in [6, 6.07) is -0.316. The second-order valence-corrected chi connectivity index (χ2v) is 5.44. The Labute approximate surface area is 79.4 Å². The van der Waals surface area contributed by atoms with E-state index in [1.165, 1.54) is 6.07 Å². The Kier molecular flexibility index (Phi) is 4.61. The molecular formula is C7H12F2N2OS. The number of nitriles is 1. The number of nitrogens with zero attached hydrogens (tertiary/aromatic N) is 1. The van der Waals surface area contributed by atoms with Crippen molar-refractivity contribution in [3.05, 3.63) is 0 Å². The fraction of sp³-hybridized carbons (Fsp3) is 0.857. The van der Waals surface area contributed by atoms with Crippen LogP contribution in [0.2, 0.25) is 0 Å². The third-order valence-electron chi connectivity index (χ3n) is 1.18. The van der Waals surface area contributed by atoms with E-state index in [-0.39, 0.29) is 0 Å². The third-order valence-corrected chi connectivity index (χ3v) is 2.76. The molecule has 0 aliphatic carbocycles. The molecular weight excluding hydrogens is 198 g/mol. The van der Waals surface area contributed by atoms with E-state index in [0.29, 0.717) is 0 Å². The van der Waals surface area contributed by atoms with E-state index in [1.807, 2.05) is 0 Å². The first-order valence-electron chi connectivity index (χ1n) is 3.65. The Bertz CT molecular complexity index is 200. The third kappa shape index (κ3) is 4.41. The molecule has 2 atom stereocenters. The molecule has 0 aromatic heterocycles. The van der Waals surface area contributed by atoms with Gasteiger partial charge < -0.3 is 4.55 Å². The van der Waals surface area contributed by atoms with Gasteiger partial charge in [0.2, 0.25) is 0 Å². The molecule has 3 nitrogen and oxygen atoms in total. The van der Waals surface area contributed by atoms with Crippen molar-refractivity contribution in [2.45, 2.75) is 38.0 Å². The van der Waals surface area contributed by atoms with Crippen molar-refractivity contribution in [3.63, 3.8) is 0 Å². The van der Waals surface area contributed by atoms with Crippen LogP contribution >= 0.6 is 0 Å². The average Bonchev–Trinajstić information content (AvgIpc) is 1.96. The van der Waals surface area contributed by atoms with Gasteiger partial charge in [0.25, 0.3) is 6.43 Å². The lowest BCUT2D eigenvalue weighted by atomic mass is 10.3. The largest absolute Gasteiger partial charge is 0.598 e. The van der Waals surface area contributed by atoms with Gasteiger partial charge in [-0.15, -0.1) is 4.72 Å². The molecule has 6 heteroatoms. The fourth-order valence-corrected chi connectivity index (χ4v) is 1.17. The molecule has 13 heavy (non-hydrogen) atoms. The molecule has 0 spiro atoms. The highest BCUT2D eigenvalue weighted by atomic mass is 32.2. The van der Waals surface area contributed by atoms with E-state index < -0.39 is 28.6 Å². The molecule has 0 saturated carbocycles. The zero-order chi connectivity index (χ0) is 10.6. The zero-order valence-electron chi connectivity index (χ0n) is 7.67. The number of halogens is 2. The van der Waals surface area contributed by atoms with Crippen LogP contribution in [0.3, 0.4) is 0 Å². The van der Waals surface area contributed by atoms with Crippen LogP contribution in [0.1, 0.15) is 20.8 Å². The van der Waals surface area contributed by atoms with E-state index in [4.69, 9.17) is 5.26 Å². The Hall–Kier alpha value is -0.380.